The molecule has 0 spiro atoms. The van der Waals surface area contributed by atoms with E-state index in [1.54, 1.807) is 0 Å². The number of hydrogen-bond acceptors (Lipinski definition) is 4. The molecule has 0 radical (unpaired) electrons. The highest BCUT2D eigenvalue weighted by molar-refractivity contribution is 7.85. The number of rotatable bonds is 5. The third-order valence-electron chi connectivity index (χ3n) is 4.06. The predicted octanol–water partition coefficient (Wildman–Crippen LogP) is 3.78. The SMILES string of the molecule is CC(C)(C)S(=O)Cc1cccc(NC(=O)NCc2ccc3c(c2)OCO3)c1. The molecule has 144 valence electrons. The van der Waals surface area contributed by atoms with Crippen molar-refractivity contribution in [3.63, 3.8) is 0 Å². The minimum atomic E-state index is -0.988. The average molecular weight is 388 g/mol. The Morgan fingerprint density at radius 2 is 1.85 bits per heavy atom. The Morgan fingerprint density at radius 1 is 1.07 bits per heavy atom. The Kier molecular flexibility index (Phi) is 5.70. The van der Waals surface area contributed by atoms with Crippen molar-refractivity contribution in [2.45, 2.75) is 37.8 Å². The van der Waals surface area contributed by atoms with E-state index in [2.05, 4.69) is 10.6 Å². The largest absolute Gasteiger partial charge is 0.454 e. The van der Waals surface area contributed by atoms with Crippen molar-refractivity contribution < 1.29 is 18.5 Å². The number of anilines is 1. The number of ether oxygens (including phenoxy) is 2. The fourth-order valence-electron chi connectivity index (χ4n) is 2.52. The maximum Gasteiger partial charge on any atom is 0.319 e. The van der Waals surface area contributed by atoms with Gasteiger partial charge in [0, 0.05) is 33.5 Å². The number of carbonyl (C=O) groups excluding carboxylic acids is 1. The molecule has 2 N–H and O–H groups in total. The molecule has 0 saturated heterocycles. The van der Waals surface area contributed by atoms with Gasteiger partial charge in [-0.3, -0.25) is 4.21 Å². The summed E-state index contributed by atoms with van der Waals surface area (Å²) in [6, 6.07) is 12.7. The molecule has 1 atom stereocenters. The van der Waals surface area contributed by atoms with E-state index < -0.39 is 10.8 Å². The van der Waals surface area contributed by atoms with Crippen LogP contribution < -0.4 is 20.1 Å². The summed E-state index contributed by atoms with van der Waals surface area (Å²) in [5.74, 6) is 1.86. The third kappa shape index (κ3) is 5.23. The van der Waals surface area contributed by atoms with Crippen LogP contribution >= 0.6 is 0 Å². The zero-order valence-electron chi connectivity index (χ0n) is 15.7. The number of benzene rings is 2. The fraction of sp³-hybridized carbons (Fsp3) is 0.350. The second kappa shape index (κ2) is 8.00. The first-order chi connectivity index (χ1) is 12.8. The van der Waals surface area contributed by atoms with Crippen molar-refractivity contribution in [1.82, 2.24) is 5.32 Å². The average Bonchev–Trinajstić information content (AvgIpc) is 3.07. The lowest BCUT2D eigenvalue weighted by molar-refractivity contribution is 0.174. The molecule has 1 aliphatic heterocycles. The molecular formula is C20H24N2O4S. The summed E-state index contributed by atoms with van der Waals surface area (Å²) in [5.41, 5.74) is 2.52. The highest BCUT2D eigenvalue weighted by Gasteiger charge is 2.19. The summed E-state index contributed by atoms with van der Waals surface area (Å²) in [4.78, 5) is 12.2. The first-order valence-electron chi connectivity index (χ1n) is 8.72. The van der Waals surface area contributed by atoms with Crippen LogP contribution in [0.5, 0.6) is 11.5 Å². The summed E-state index contributed by atoms with van der Waals surface area (Å²) in [6.07, 6.45) is 0. The lowest BCUT2D eigenvalue weighted by Gasteiger charge is -2.18. The van der Waals surface area contributed by atoms with Crippen molar-refractivity contribution in [3.05, 3.63) is 53.6 Å². The summed E-state index contributed by atoms with van der Waals surface area (Å²) >= 11 is 0. The second-order valence-electron chi connectivity index (χ2n) is 7.30. The minimum absolute atomic E-state index is 0.225. The van der Waals surface area contributed by atoms with Crippen LogP contribution in [0.2, 0.25) is 0 Å². The third-order valence-corrected chi connectivity index (χ3v) is 6.02. The molecule has 6 nitrogen and oxygen atoms in total. The van der Waals surface area contributed by atoms with Crippen molar-refractivity contribution in [3.8, 4) is 11.5 Å². The van der Waals surface area contributed by atoms with E-state index in [1.807, 2.05) is 63.2 Å². The highest BCUT2D eigenvalue weighted by Crippen LogP contribution is 2.32. The molecule has 1 unspecified atom stereocenters. The minimum Gasteiger partial charge on any atom is -0.454 e. The molecule has 2 amide bonds. The van der Waals surface area contributed by atoms with Crippen LogP contribution in [0, 0.1) is 0 Å². The summed E-state index contributed by atoms with van der Waals surface area (Å²) in [6.45, 7) is 6.46. The fourth-order valence-corrected chi connectivity index (χ4v) is 3.43. The first-order valence-corrected chi connectivity index (χ1v) is 10.0. The second-order valence-corrected chi connectivity index (χ2v) is 9.50. The smallest absolute Gasteiger partial charge is 0.319 e. The Bertz CT molecular complexity index is 861. The maximum atomic E-state index is 12.3. The van der Waals surface area contributed by atoms with Crippen LogP contribution in [0.25, 0.3) is 0 Å². The van der Waals surface area contributed by atoms with E-state index in [1.165, 1.54) is 0 Å². The molecule has 0 aromatic heterocycles. The van der Waals surface area contributed by atoms with Crippen LogP contribution in [0.15, 0.2) is 42.5 Å². The molecule has 0 aliphatic carbocycles. The number of nitrogens with one attached hydrogen (secondary N) is 2. The van der Waals surface area contributed by atoms with Gasteiger partial charge in [-0.05, 0) is 56.2 Å². The van der Waals surface area contributed by atoms with Gasteiger partial charge in [0.05, 0.1) is 0 Å². The van der Waals surface area contributed by atoms with E-state index in [0.29, 0.717) is 29.5 Å². The molecule has 0 fully saturated rings. The van der Waals surface area contributed by atoms with E-state index >= 15 is 0 Å². The maximum absolute atomic E-state index is 12.3. The van der Waals surface area contributed by atoms with Crippen molar-refractivity contribution in [2.75, 3.05) is 12.1 Å². The van der Waals surface area contributed by atoms with Gasteiger partial charge in [0.2, 0.25) is 6.79 Å². The van der Waals surface area contributed by atoms with Gasteiger partial charge in [0.1, 0.15) is 0 Å². The molecule has 0 bridgehead atoms. The van der Waals surface area contributed by atoms with Crippen LogP contribution in [-0.2, 0) is 23.1 Å². The zero-order valence-corrected chi connectivity index (χ0v) is 16.5. The van der Waals surface area contributed by atoms with Crippen molar-refractivity contribution in [2.24, 2.45) is 0 Å². The topological polar surface area (TPSA) is 76.7 Å². The van der Waals surface area contributed by atoms with Gasteiger partial charge >= 0.3 is 6.03 Å². The lowest BCUT2D eigenvalue weighted by atomic mass is 10.2. The molecule has 1 heterocycles. The van der Waals surface area contributed by atoms with Gasteiger partial charge in [-0.2, -0.15) is 0 Å². The van der Waals surface area contributed by atoms with Gasteiger partial charge in [0.25, 0.3) is 0 Å². The molecule has 2 aromatic rings. The Balaban J connectivity index is 1.55. The van der Waals surface area contributed by atoms with Gasteiger partial charge in [-0.1, -0.05) is 18.2 Å². The Morgan fingerprint density at radius 3 is 2.63 bits per heavy atom. The number of fused-ring (bicyclic) bond motifs is 1. The molecule has 1 aliphatic rings. The van der Waals surface area contributed by atoms with Crippen LogP contribution in [-0.4, -0.2) is 21.8 Å². The lowest BCUT2D eigenvalue weighted by Crippen LogP contribution is -2.28. The van der Waals surface area contributed by atoms with Crippen LogP contribution in [0.3, 0.4) is 0 Å². The molecule has 0 saturated carbocycles. The van der Waals surface area contributed by atoms with Gasteiger partial charge < -0.3 is 20.1 Å². The summed E-state index contributed by atoms with van der Waals surface area (Å²) in [5, 5.41) is 5.63. The quantitative estimate of drug-likeness (QED) is 0.817. The van der Waals surface area contributed by atoms with Gasteiger partial charge in [-0.25, -0.2) is 4.79 Å². The molecule has 7 heteroatoms. The molecule has 27 heavy (non-hydrogen) atoms. The number of carbonyl (C=O) groups is 1. The molecule has 2 aromatic carbocycles. The number of amides is 2. The Hall–Kier alpha value is -2.54. The van der Waals surface area contributed by atoms with Crippen LogP contribution in [0.1, 0.15) is 31.9 Å². The Labute approximate surface area is 161 Å². The first kappa shape index (κ1) is 19.2. The van der Waals surface area contributed by atoms with Crippen molar-refractivity contribution >= 4 is 22.5 Å². The zero-order chi connectivity index (χ0) is 19.4. The monoisotopic (exact) mass is 388 g/mol. The van der Waals surface area contributed by atoms with Crippen molar-refractivity contribution in [1.29, 1.82) is 0 Å². The van der Waals surface area contributed by atoms with E-state index in [4.69, 9.17) is 9.47 Å². The summed E-state index contributed by atoms with van der Waals surface area (Å²) in [7, 11) is -0.988. The van der Waals surface area contributed by atoms with Gasteiger partial charge in [0.15, 0.2) is 11.5 Å². The molecule has 3 rings (SSSR count). The van der Waals surface area contributed by atoms with E-state index in [0.717, 1.165) is 11.1 Å². The number of hydrogen-bond donors (Lipinski definition) is 2. The van der Waals surface area contributed by atoms with E-state index in [9.17, 15) is 9.00 Å². The normalized spacial score (nSPS) is 13.9. The predicted molar refractivity (Wildman–Crippen MR) is 106 cm³/mol. The van der Waals surface area contributed by atoms with E-state index in [-0.39, 0.29) is 17.6 Å². The number of urea groups is 1. The van der Waals surface area contributed by atoms with Gasteiger partial charge in [-0.15, -0.1) is 0 Å². The molecular weight excluding hydrogens is 364 g/mol. The summed E-state index contributed by atoms with van der Waals surface area (Å²) < 4.78 is 22.6. The highest BCUT2D eigenvalue weighted by atomic mass is 32.2. The standard InChI is InChI=1S/C20H24N2O4S/c1-20(2,3)27(24)12-15-5-4-6-16(9-15)22-19(23)21-11-14-7-8-17-18(10-14)26-13-25-17/h4-10H,11-13H2,1-3H3,(H2,21,22,23). The van der Waals surface area contributed by atoms with Crippen LogP contribution in [0.4, 0.5) is 10.5 Å².